The summed E-state index contributed by atoms with van der Waals surface area (Å²) >= 11 is 5.90. The molecule has 11 nitrogen and oxygen atoms in total. The van der Waals surface area contributed by atoms with Crippen molar-refractivity contribution in [1.29, 1.82) is 0 Å². The van der Waals surface area contributed by atoms with Gasteiger partial charge in [0.1, 0.15) is 5.56 Å². The lowest BCUT2D eigenvalue weighted by molar-refractivity contribution is -0.142. The molecule has 1 aromatic heterocycles. The molecule has 1 N–H and O–H groups in total. The molecule has 0 atom stereocenters. The van der Waals surface area contributed by atoms with Crippen molar-refractivity contribution < 1.29 is 32.1 Å². The maximum absolute atomic E-state index is 13.2. The molecule has 0 bridgehead atoms. The topological polar surface area (TPSA) is 155 Å². The van der Waals surface area contributed by atoms with Gasteiger partial charge in [0.2, 0.25) is 11.3 Å². The summed E-state index contributed by atoms with van der Waals surface area (Å²) in [4.78, 5) is 51.2. The third kappa shape index (κ3) is 11.7. The number of aryl methyl sites for hydroxylation is 1. The van der Waals surface area contributed by atoms with E-state index in [0.29, 0.717) is 47.2 Å². The van der Waals surface area contributed by atoms with Crippen molar-refractivity contribution in [2.24, 2.45) is 7.05 Å². The number of benzene rings is 2. The number of halogens is 1. The Hall–Kier alpha value is -4.18. The average molecular weight is 657 g/mol. The van der Waals surface area contributed by atoms with Crippen LogP contribution in [0.3, 0.4) is 0 Å². The summed E-state index contributed by atoms with van der Waals surface area (Å²) in [6.45, 7) is -0.0185. The fourth-order valence-corrected chi connectivity index (χ4v) is 5.03. The molecule has 0 unspecified atom stereocenters. The molecule has 45 heavy (non-hydrogen) atoms. The number of rotatable bonds is 14. The highest BCUT2D eigenvalue weighted by Gasteiger charge is 2.15. The van der Waals surface area contributed by atoms with Gasteiger partial charge in [-0.25, -0.2) is 8.42 Å². The fraction of sp³-hybridized carbons (Fsp3) is 0.375. The Morgan fingerprint density at radius 1 is 1.04 bits per heavy atom. The minimum Gasteiger partial charge on any atom is -0.748 e. The molecule has 0 saturated heterocycles. The minimum absolute atomic E-state index is 0.00498. The molecule has 0 aliphatic carbocycles. The van der Waals surface area contributed by atoms with E-state index in [9.17, 15) is 32.1 Å². The molecular weight excluding hydrogens is 622 g/mol. The molecule has 3 rings (SSSR count). The van der Waals surface area contributed by atoms with Crippen molar-refractivity contribution in [3.05, 3.63) is 80.6 Å². The molecule has 1 heterocycles. The summed E-state index contributed by atoms with van der Waals surface area (Å²) in [5.41, 5.74) is 1.60. The first-order valence-electron chi connectivity index (χ1n) is 14.3. The quantitative estimate of drug-likeness (QED) is 0.120. The van der Waals surface area contributed by atoms with Crippen LogP contribution in [-0.2, 0) is 38.0 Å². The highest BCUT2D eigenvalue weighted by atomic mass is 35.5. The molecule has 0 spiro atoms. The van der Waals surface area contributed by atoms with Crippen molar-refractivity contribution in [2.45, 2.75) is 45.1 Å². The molecule has 0 aliphatic heterocycles. The SMILES string of the molecule is CN(CCS(=O)(=O)[O-])C(=O)CCCCCCC(=O)OCC#Cc1ccc2c(c1)c(=O)c(C(=O)NCc1ccc(Cl)cc1)cn2C. The summed E-state index contributed by atoms with van der Waals surface area (Å²) < 4.78 is 38.9. The van der Waals surface area contributed by atoms with Gasteiger partial charge in [0.25, 0.3) is 5.91 Å². The first-order valence-corrected chi connectivity index (χ1v) is 16.3. The minimum atomic E-state index is -4.36. The van der Waals surface area contributed by atoms with Crippen LogP contribution in [0.4, 0.5) is 0 Å². The summed E-state index contributed by atoms with van der Waals surface area (Å²) in [5.74, 6) is 3.91. The zero-order chi connectivity index (χ0) is 33.0. The van der Waals surface area contributed by atoms with E-state index in [-0.39, 0.29) is 44.0 Å². The van der Waals surface area contributed by atoms with Crippen molar-refractivity contribution >= 4 is 50.4 Å². The third-order valence-electron chi connectivity index (χ3n) is 6.96. The van der Waals surface area contributed by atoms with Gasteiger partial charge >= 0.3 is 5.97 Å². The Morgan fingerprint density at radius 3 is 2.42 bits per heavy atom. The van der Waals surface area contributed by atoms with Gasteiger partial charge in [0.05, 0.1) is 21.4 Å². The lowest BCUT2D eigenvalue weighted by atomic mass is 10.1. The average Bonchev–Trinajstić information content (AvgIpc) is 3.00. The highest BCUT2D eigenvalue weighted by Crippen LogP contribution is 2.14. The van der Waals surface area contributed by atoms with Gasteiger partial charge in [0.15, 0.2) is 6.61 Å². The largest absolute Gasteiger partial charge is 0.748 e. The van der Waals surface area contributed by atoms with E-state index in [1.165, 1.54) is 18.1 Å². The molecular formula is C32H35ClN3O8S-. The Labute approximate surface area is 267 Å². The van der Waals surface area contributed by atoms with Gasteiger partial charge in [-0.05, 0) is 48.7 Å². The van der Waals surface area contributed by atoms with Crippen molar-refractivity contribution in [3.63, 3.8) is 0 Å². The van der Waals surface area contributed by atoms with Crippen molar-refractivity contribution in [3.8, 4) is 11.8 Å². The number of nitrogens with zero attached hydrogens (tertiary/aromatic N) is 2. The van der Waals surface area contributed by atoms with E-state index < -0.39 is 33.2 Å². The van der Waals surface area contributed by atoms with E-state index >= 15 is 0 Å². The lowest BCUT2D eigenvalue weighted by Gasteiger charge is -2.18. The van der Waals surface area contributed by atoms with Crippen LogP contribution in [-0.4, -0.2) is 66.2 Å². The fourth-order valence-electron chi connectivity index (χ4n) is 4.40. The predicted octanol–water partition coefficient (Wildman–Crippen LogP) is 3.36. The standard InChI is InChI=1S/C32H36ClN3O8S/c1-35(17-19-45(41,42)43)29(37)9-5-3-4-6-10-30(38)44-18-7-8-23-13-16-28-26(20-23)31(39)27(22-36(28)2)32(40)34-21-24-11-14-25(33)15-12-24/h11-16,20,22H,3-6,9-10,17-19,21H2,1-2H3,(H,34,40)(H,41,42,43)/p-1. The number of fused-ring (bicyclic) bond motifs is 1. The molecule has 2 aromatic carbocycles. The molecule has 0 fully saturated rings. The van der Waals surface area contributed by atoms with Crippen LogP contribution in [0.5, 0.6) is 0 Å². The third-order valence-corrected chi connectivity index (χ3v) is 7.90. The van der Waals surface area contributed by atoms with E-state index in [2.05, 4.69) is 17.2 Å². The number of carbonyl (C=O) groups excluding carboxylic acids is 3. The zero-order valence-electron chi connectivity index (χ0n) is 25.1. The maximum Gasteiger partial charge on any atom is 0.306 e. The molecule has 2 amide bonds. The number of esters is 1. The van der Waals surface area contributed by atoms with Crippen LogP contribution in [0.2, 0.25) is 5.02 Å². The smallest absolute Gasteiger partial charge is 0.306 e. The molecule has 0 aliphatic rings. The number of pyridine rings is 1. The maximum atomic E-state index is 13.2. The zero-order valence-corrected chi connectivity index (χ0v) is 26.7. The number of carbonyl (C=O) groups is 3. The van der Waals surface area contributed by atoms with Gasteiger partial charge in [-0.2, -0.15) is 0 Å². The molecule has 240 valence electrons. The van der Waals surface area contributed by atoms with E-state index in [1.807, 2.05) is 0 Å². The molecule has 0 saturated carbocycles. The normalized spacial score (nSPS) is 11.0. The summed E-state index contributed by atoms with van der Waals surface area (Å²) in [6, 6.07) is 12.1. The summed E-state index contributed by atoms with van der Waals surface area (Å²) in [7, 11) is -1.16. The number of ether oxygens (including phenoxy) is 1. The Morgan fingerprint density at radius 2 is 1.73 bits per heavy atom. The number of aromatic nitrogens is 1. The van der Waals surface area contributed by atoms with Crippen LogP contribution in [0.15, 0.2) is 53.5 Å². The second kappa shape index (κ2) is 16.8. The number of hydrogen-bond donors (Lipinski definition) is 1. The first-order chi connectivity index (χ1) is 21.3. The number of amides is 2. The van der Waals surface area contributed by atoms with Gasteiger partial charge in [-0.3, -0.25) is 19.2 Å². The number of unbranched alkanes of at least 4 members (excludes halogenated alkanes) is 3. The van der Waals surface area contributed by atoms with Gasteiger partial charge in [0, 0.05) is 62.2 Å². The van der Waals surface area contributed by atoms with Gasteiger partial charge in [-0.1, -0.05) is 48.4 Å². The number of nitrogens with one attached hydrogen (secondary N) is 1. The second-order valence-electron chi connectivity index (χ2n) is 10.5. The first kappa shape index (κ1) is 35.3. The van der Waals surface area contributed by atoms with E-state index in [0.717, 1.165) is 5.56 Å². The Kier molecular flexibility index (Phi) is 13.2. The van der Waals surface area contributed by atoms with Crippen LogP contribution in [0.25, 0.3) is 10.9 Å². The lowest BCUT2D eigenvalue weighted by Crippen LogP contribution is -2.31. The van der Waals surface area contributed by atoms with E-state index in [4.69, 9.17) is 16.3 Å². The van der Waals surface area contributed by atoms with Crippen LogP contribution in [0.1, 0.15) is 60.0 Å². The highest BCUT2D eigenvalue weighted by molar-refractivity contribution is 7.85. The van der Waals surface area contributed by atoms with E-state index in [1.54, 1.807) is 54.1 Å². The number of hydrogen-bond acceptors (Lipinski definition) is 8. The monoisotopic (exact) mass is 656 g/mol. The van der Waals surface area contributed by atoms with Gasteiger partial charge in [-0.15, -0.1) is 0 Å². The van der Waals surface area contributed by atoms with Crippen LogP contribution in [0, 0.1) is 11.8 Å². The van der Waals surface area contributed by atoms with Crippen LogP contribution < -0.4 is 10.7 Å². The molecule has 3 aromatic rings. The Bertz CT molecular complexity index is 1760. The molecule has 0 radical (unpaired) electrons. The molecule has 13 heteroatoms. The van der Waals surface area contributed by atoms with Crippen molar-refractivity contribution in [2.75, 3.05) is 26.0 Å². The van der Waals surface area contributed by atoms with Crippen LogP contribution >= 0.6 is 11.6 Å². The second-order valence-corrected chi connectivity index (χ2v) is 12.4. The summed E-state index contributed by atoms with van der Waals surface area (Å²) in [6.07, 6.45) is 4.51. The predicted molar refractivity (Wildman–Crippen MR) is 170 cm³/mol. The van der Waals surface area contributed by atoms with Crippen molar-refractivity contribution in [1.82, 2.24) is 14.8 Å². The Balaban J connectivity index is 1.44. The summed E-state index contributed by atoms with van der Waals surface area (Å²) in [5, 5.41) is 3.69. The van der Waals surface area contributed by atoms with Gasteiger partial charge < -0.3 is 24.1 Å².